The molecule has 0 bridgehead atoms. The third-order valence-corrected chi connectivity index (χ3v) is 8.68. The van der Waals surface area contributed by atoms with Crippen molar-refractivity contribution in [2.24, 2.45) is 5.92 Å². The minimum atomic E-state index is -0.353. The molecule has 3 amide bonds. The van der Waals surface area contributed by atoms with E-state index >= 15 is 0 Å². The molecular weight excluding hydrogens is 572 g/mol. The Labute approximate surface area is 264 Å². The van der Waals surface area contributed by atoms with E-state index in [-0.39, 0.29) is 23.6 Å². The number of aromatic nitrogens is 1. The number of fused-ring (bicyclic) bond motifs is 1. The Hall–Kier alpha value is -4.10. The Balaban J connectivity index is 1.31. The first-order valence-corrected chi connectivity index (χ1v) is 16.0. The summed E-state index contributed by atoms with van der Waals surface area (Å²) in [5.41, 5.74) is 5.31. The molecule has 1 aromatic heterocycles. The summed E-state index contributed by atoms with van der Waals surface area (Å²) in [6, 6.07) is 20.9. The van der Waals surface area contributed by atoms with Crippen LogP contribution in [0.3, 0.4) is 0 Å². The Morgan fingerprint density at radius 1 is 0.864 bits per heavy atom. The average Bonchev–Trinajstić information content (AvgIpc) is 3.39. The number of carbonyl (C=O) groups excluding carboxylic acids is 3. The molecular formula is C36H41ClN4O3. The standard InChI is InChI=1S/C36H41ClN4O3/c1-4-18-41-32-17-15-29(40-35(43)30-19-24(10-16-31(30)37)22-38-34(42)23(2)3)20-27(32)21-33(41)36(44)39-28-13-11-26(12-14-28)25-8-6-5-7-9-25/h10-17,19-21,23,25H,4-9,18,22H2,1-3H3,(H,38,42)(H,39,44)(H,40,43). The zero-order valence-electron chi connectivity index (χ0n) is 25.7. The minimum Gasteiger partial charge on any atom is -0.352 e. The van der Waals surface area contributed by atoms with Crippen molar-refractivity contribution in [3.63, 3.8) is 0 Å². The second-order valence-electron chi connectivity index (χ2n) is 12.0. The monoisotopic (exact) mass is 612 g/mol. The van der Waals surface area contributed by atoms with Crippen molar-refractivity contribution < 1.29 is 14.4 Å². The maximum absolute atomic E-state index is 13.5. The van der Waals surface area contributed by atoms with Gasteiger partial charge in [-0.25, -0.2) is 0 Å². The molecule has 7 nitrogen and oxygen atoms in total. The largest absolute Gasteiger partial charge is 0.352 e. The number of hydrogen-bond donors (Lipinski definition) is 3. The average molecular weight is 613 g/mol. The fourth-order valence-corrected chi connectivity index (χ4v) is 6.12. The van der Waals surface area contributed by atoms with Crippen LogP contribution in [0.5, 0.6) is 0 Å². The van der Waals surface area contributed by atoms with E-state index in [9.17, 15) is 14.4 Å². The highest BCUT2D eigenvalue weighted by Gasteiger charge is 2.19. The van der Waals surface area contributed by atoms with Crippen LogP contribution < -0.4 is 16.0 Å². The molecule has 1 aliphatic rings. The van der Waals surface area contributed by atoms with E-state index in [2.05, 4.69) is 35.0 Å². The van der Waals surface area contributed by atoms with E-state index < -0.39 is 0 Å². The quantitative estimate of drug-likeness (QED) is 0.168. The maximum Gasteiger partial charge on any atom is 0.272 e. The summed E-state index contributed by atoms with van der Waals surface area (Å²) in [6.07, 6.45) is 7.25. The summed E-state index contributed by atoms with van der Waals surface area (Å²) in [5.74, 6) is -0.0911. The number of rotatable bonds is 10. The topological polar surface area (TPSA) is 92.2 Å². The summed E-state index contributed by atoms with van der Waals surface area (Å²) in [6.45, 7) is 6.73. The molecule has 44 heavy (non-hydrogen) atoms. The first-order valence-electron chi connectivity index (χ1n) is 15.7. The maximum atomic E-state index is 13.5. The highest BCUT2D eigenvalue weighted by atomic mass is 35.5. The van der Waals surface area contributed by atoms with Crippen molar-refractivity contribution in [3.8, 4) is 0 Å². The first-order chi connectivity index (χ1) is 21.2. The molecule has 3 N–H and O–H groups in total. The summed E-state index contributed by atoms with van der Waals surface area (Å²) in [4.78, 5) is 38.7. The molecule has 1 heterocycles. The number of nitrogens with one attached hydrogen (secondary N) is 3. The van der Waals surface area contributed by atoms with Gasteiger partial charge in [0.1, 0.15) is 5.69 Å². The molecule has 1 aliphatic carbocycles. The number of amides is 3. The number of carbonyl (C=O) groups is 3. The third-order valence-electron chi connectivity index (χ3n) is 8.35. The van der Waals surface area contributed by atoms with Crippen LogP contribution in [0.1, 0.15) is 97.2 Å². The Morgan fingerprint density at radius 3 is 2.27 bits per heavy atom. The SMILES string of the molecule is CCCn1c(C(=O)Nc2ccc(C3CCCCC3)cc2)cc2cc(NC(=O)c3cc(CNC(=O)C(C)C)ccc3Cl)ccc21. The molecule has 1 saturated carbocycles. The fourth-order valence-electron chi connectivity index (χ4n) is 5.92. The van der Waals surface area contributed by atoms with E-state index in [1.807, 2.05) is 54.8 Å². The predicted octanol–water partition coefficient (Wildman–Crippen LogP) is 8.53. The van der Waals surface area contributed by atoms with Crippen LogP contribution in [-0.2, 0) is 17.9 Å². The van der Waals surface area contributed by atoms with Crippen molar-refractivity contribution in [3.05, 3.63) is 94.1 Å². The lowest BCUT2D eigenvalue weighted by molar-refractivity contribution is -0.124. The van der Waals surface area contributed by atoms with E-state index in [0.29, 0.717) is 41.0 Å². The van der Waals surface area contributed by atoms with Crippen molar-refractivity contribution in [1.29, 1.82) is 0 Å². The highest BCUT2D eigenvalue weighted by molar-refractivity contribution is 6.34. The Morgan fingerprint density at radius 2 is 1.57 bits per heavy atom. The number of hydrogen-bond acceptors (Lipinski definition) is 3. The van der Waals surface area contributed by atoms with Gasteiger partial charge < -0.3 is 20.5 Å². The molecule has 0 radical (unpaired) electrons. The zero-order chi connectivity index (χ0) is 31.2. The second kappa shape index (κ2) is 14.1. The molecule has 0 unspecified atom stereocenters. The van der Waals surface area contributed by atoms with Crippen molar-refractivity contribution in [2.45, 2.75) is 78.3 Å². The van der Waals surface area contributed by atoms with Crippen LogP contribution in [0, 0.1) is 5.92 Å². The second-order valence-corrected chi connectivity index (χ2v) is 12.4. The van der Waals surface area contributed by atoms with Gasteiger partial charge in [0.2, 0.25) is 5.91 Å². The van der Waals surface area contributed by atoms with Gasteiger partial charge in [0, 0.05) is 41.3 Å². The molecule has 0 spiro atoms. The lowest BCUT2D eigenvalue weighted by Crippen LogP contribution is -2.27. The minimum absolute atomic E-state index is 0.0603. The molecule has 1 fully saturated rings. The van der Waals surface area contributed by atoms with Crippen LogP contribution in [0.25, 0.3) is 10.9 Å². The molecule has 8 heteroatoms. The van der Waals surface area contributed by atoms with Crippen LogP contribution in [0.2, 0.25) is 5.02 Å². The highest BCUT2D eigenvalue weighted by Crippen LogP contribution is 2.33. The van der Waals surface area contributed by atoms with Gasteiger partial charge in [-0.15, -0.1) is 0 Å². The number of anilines is 2. The summed E-state index contributed by atoms with van der Waals surface area (Å²) in [5, 5.41) is 10.1. The van der Waals surface area contributed by atoms with Crippen LogP contribution in [-0.4, -0.2) is 22.3 Å². The van der Waals surface area contributed by atoms with Gasteiger partial charge in [0.05, 0.1) is 10.6 Å². The summed E-state index contributed by atoms with van der Waals surface area (Å²) >= 11 is 6.38. The summed E-state index contributed by atoms with van der Waals surface area (Å²) in [7, 11) is 0. The van der Waals surface area contributed by atoms with Gasteiger partial charge in [-0.05, 0) is 84.8 Å². The molecule has 0 saturated heterocycles. The van der Waals surface area contributed by atoms with Gasteiger partial charge in [0.15, 0.2) is 0 Å². The summed E-state index contributed by atoms with van der Waals surface area (Å²) < 4.78 is 2.03. The van der Waals surface area contributed by atoms with Crippen LogP contribution >= 0.6 is 11.6 Å². The number of aryl methyl sites for hydroxylation is 1. The van der Waals surface area contributed by atoms with E-state index in [1.54, 1.807) is 18.2 Å². The zero-order valence-corrected chi connectivity index (χ0v) is 26.5. The van der Waals surface area contributed by atoms with Gasteiger partial charge >= 0.3 is 0 Å². The molecule has 230 valence electrons. The first kappa shape index (κ1) is 31.3. The third kappa shape index (κ3) is 7.33. The van der Waals surface area contributed by atoms with Crippen LogP contribution in [0.4, 0.5) is 11.4 Å². The number of nitrogens with zero attached hydrogens (tertiary/aromatic N) is 1. The molecule has 4 aromatic rings. The molecule has 0 atom stereocenters. The molecule has 5 rings (SSSR count). The van der Waals surface area contributed by atoms with E-state index in [0.717, 1.165) is 28.6 Å². The molecule has 3 aromatic carbocycles. The predicted molar refractivity (Wildman–Crippen MR) is 179 cm³/mol. The lowest BCUT2D eigenvalue weighted by atomic mass is 9.84. The van der Waals surface area contributed by atoms with Crippen molar-refractivity contribution in [1.82, 2.24) is 9.88 Å². The number of halogens is 1. The van der Waals surface area contributed by atoms with E-state index in [4.69, 9.17) is 11.6 Å². The van der Waals surface area contributed by atoms with Crippen molar-refractivity contribution in [2.75, 3.05) is 10.6 Å². The number of benzene rings is 3. The smallest absolute Gasteiger partial charge is 0.272 e. The lowest BCUT2D eigenvalue weighted by Gasteiger charge is -2.22. The Bertz CT molecular complexity index is 1650. The van der Waals surface area contributed by atoms with Gasteiger partial charge in [-0.1, -0.05) is 69.8 Å². The van der Waals surface area contributed by atoms with E-state index in [1.165, 1.54) is 37.7 Å². The Kier molecular flexibility index (Phi) is 10.1. The van der Waals surface area contributed by atoms with Crippen LogP contribution in [0.15, 0.2) is 66.7 Å². The molecule has 0 aliphatic heterocycles. The van der Waals surface area contributed by atoms with Gasteiger partial charge in [0.25, 0.3) is 11.8 Å². The van der Waals surface area contributed by atoms with Gasteiger partial charge in [-0.2, -0.15) is 0 Å². The fraction of sp³-hybridized carbons (Fsp3) is 0.361. The van der Waals surface area contributed by atoms with Gasteiger partial charge in [-0.3, -0.25) is 14.4 Å². The van der Waals surface area contributed by atoms with Crippen molar-refractivity contribution >= 4 is 51.6 Å². The normalized spacial score (nSPS) is 13.7.